The number of nitrogens with zero attached hydrogens (tertiary/aromatic N) is 3. The van der Waals surface area contributed by atoms with Crippen molar-refractivity contribution in [2.45, 2.75) is 25.8 Å². The Balaban J connectivity index is 1.57. The van der Waals surface area contributed by atoms with Gasteiger partial charge in [-0.2, -0.15) is 0 Å². The number of amidine groups is 1. The zero-order valence-electron chi connectivity index (χ0n) is 16.8. The van der Waals surface area contributed by atoms with E-state index >= 15 is 0 Å². The molecule has 0 unspecified atom stereocenters. The summed E-state index contributed by atoms with van der Waals surface area (Å²) in [5.74, 6) is -0.400. The molecule has 9 heteroatoms. The second-order valence-electron chi connectivity index (χ2n) is 7.44. The van der Waals surface area contributed by atoms with E-state index < -0.39 is 0 Å². The molecular weight excluding hydrogens is 374 g/mol. The van der Waals surface area contributed by atoms with E-state index in [1.54, 1.807) is 17.9 Å². The summed E-state index contributed by atoms with van der Waals surface area (Å²) in [5.41, 5.74) is 6.55. The van der Waals surface area contributed by atoms with Gasteiger partial charge in [0.25, 0.3) is 0 Å². The lowest BCUT2D eigenvalue weighted by molar-refractivity contribution is -0.144. The number of hydrogen-bond acceptors (Lipinski definition) is 7. The molecule has 2 saturated heterocycles. The van der Waals surface area contributed by atoms with Crippen LogP contribution in [0.15, 0.2) is 18.2 Å². The number of ether oxygens (including phenoxy) is 1. The maximum Gasteiger partial charge on any atom is 0.320 e. The van der Waals surface area contributed by atoms with Crippen LogP contribution in [0.2, 0.25) is 0 Å². The molecule has 0 saturated carbocycles. The van der Waals surface area contributed by atoms with E-state index in [1.807, 2.05) is 0 Å². The number of nitrogens with two attached hydrogens (primary N) is 1. The fraction of sp³-hybridized carbons (Fsp3) is 0.550. The largest absolute Gasteiger partial charge is 0.508 e. The van der Waals surface area contributed by atoms with Gasteiger partial charge in [0.1, 0.15) is 11.6 Å². The van der Waals surface area contributed by atoms with Gasteiger partial charge in [-0.1, -0.05) is 0 Å². The zero-order valence-corrected chi connectivity index (χ0v) is 16.8. The van der Waals surface area contributed by atoms with Crippen LogP contribution in [0.3, 0.4) is 0 Å². The van der Waals surface area contributed by atoms with Crippen LogP contribution in [0.4, 0.5) is 5.69 Å². The Morgan fingerprint density at radius 1 is 1.28 bits per heavy atom. The van der Waals surface area contributed by atoms with Crippen molar-refractivity contribution in [1.29, 1.82) is 5.41 Å². The number of benzene rings is 1. The highest BCUT2D eigenvalue weighted by Gasteiger charge is 2.33. The third-order valence-corrected chi connectivity index (χ3v) is 5.54. The van der Waals surface area contributed by atoms with Crippen molar-refractivity contribution < 1.29 is 19.4 Å². The van der Waals surface area contributed by atoms with Gasteiger partial charge < -0.3 is 20.5 Å². The molecule has 1 aromatic carbocycles. The molecule has 3 rings (SSSR count). The fourth-order valence-corrected chi connectivity index (χ4v) is 4.06. The van der Waals surface area contributed by atoms with Crippen LogP contribution >= 0.6 is 0 Å². The summed E-state index contributed by atoms with van der Waals surface area (Å²) < 4.78 is 5.01. The normalized spacial score (nSPS) is 19.3. The first-order valence-corrected chi connectivity index (χ1v) is 9.98. The summed E-state index contributed by atoms with van der Waals surface area (Å²) in [6.07, 6.45) is 1.81. The summed E-state index contributed by atoms with van der Waals surface area (Å²) in [7, 11) is 0. The van der Waals surface area contributed by atoms with Gasteiger partial charge in [-0.25, -0.2) is 0 Å². The number of piperidine rings is 1. The molecular formula is C20H29N5O4. The Labute approximate surface area is 170 Å². The summed E-state index contributed by atoms with van der Waals surface area (Å²) in [6.45, 7) is 5.68. The van der Waals surface area contributed by atoms with Gasteiger partial charge in [0, 0.05) is 37.8 Å². The number of phenols is 1. The van der Waals surface area contributed by atoms with E-state index in [0.717, 1.165) is 32.5 Å². The van der Waals surface area contributed by atoms with Gasteiger partial charge in [-0.15, -0.1) is 0 Å². The molecule has 158 valence electrons. The summed E-state index contributed by atoms with van der Waals surface area (Å²) in [6, 6.07) is 4.86. The standard InChI is InChI=1S/C20H29N5O4/c1-2-29-19(28)13-23-7-5-14(6-8-23)24-9-10-25(18(27)12-24)17-4-3-15(26)11-16(17)20(21)22/h3-4,11,14,26H,2,5-10,12-13H2,1H3,(H3,21,22). The summed E-state index contributed by atoms with van der Waals surface area (Å²) in [5, 5.41) is 17.4. The number of carbonyl (C=O) groups excluding carboxylic acids is 2. The highest BCUT2D eigenvalue weighted by molar-refractivity contribution is 6.06. The van der Waals surface area contributed by atoms with Crippen molar-refractivity contribution >= 4 is 23.4 Å². The minimum atomic E-state index is -0.190. The predicted molar refractivity (Wildman–Crippen MR) is 109 cm³/mol. The Morgan fingerprint density at radius 3 is 2.62 bits per heavy atom. The molecule has 2 aliphatic rings. The zero-order chi connectivity index (χ0) is 21.0. The van der Waals surface area contributed by atoms with E-state index in [4.69, 9.17) is 15.9 Å². The number of nitrogens with one attached hydrogen (secondary N) is 1. The van der Waals surface area contributed by atoms with Crippen LogP contribution in [0.1, 0.15) is 25.3 Å². The van der Waals surface area contributed by atoms with Crippen LogP contribution in [0.5, 0.6) is 5.75 Å². The number of amides is 1. The molecule has 2 heterocycles. The van der Waals surface area contributed by atoms with Crippen molar-refractivity contribution in [2.75, 3.05) is 50.8 Å². The number of piperazine rings is 1. The van der Waals surface area contributed by atoms with Crippen molar-refractivity contribution in [1.82, 2.24) is 9.80 Å². The lowest BCUT2D eigenvalue weighted by atomic mass is 10.0. The second-order valence-corrected chi connectivity index (χ2v) is 7.44. The third kappa shape index (κ3) is 5.04. The van der Waals surface area contributed by atoms with Gasteiger partial charge in [0.05, 0.1) is 25.4 Å². The van der Waals surface area contributed by atoms with Crippen molar-refractivity contribution in [3.63, 3.8) is 0 Å². The number of esters is 1. The first kappa shape index (κ1) is 21.1. The Kier molecular flexibility index (Phi) is 6.71. The maximum absolute atomic E-state index is 12.8. The number of nitrogen functional groups attached to an aromatic ring is 1. The highest BCUT2D eigenvalue weighted by atomic mass is 16.5. The highest BCUT2D eigenvalue weighted by Crippen LogP contribution is 2.27. The Morgan fingerprint density at radius 2 is 2.00 bits per heavy atom. The minimum absolute atomic E-state index is 0.0135. The number of phenolic OH excluding ortho intramolecular Hbond substituents is 1. The van der Waals surface area contributed by atoms with Crippen LogP contribution < -0.4 is 10.6 Å². The van der Waals surface area contributed by atoms with Gasteiger partial charge in [-0.05, 0) is 38.0 Å². The molecule has 0 aliphatic carbocycles. The smallest absolute Gasteiger partial charge is 0.320 e. The van der Waals surface area contributed by atoms with E-state index in [1.165, 1.54) is 12.1 Å². The molecule has 29 heavy (non-hydrogen) atoms. The van der Waals surface area contributed by atoms with Crippen molar-refractivity contribution in [3.05, 3.63) is 23.8 Å². The molecule has 0 radical (unpaired) electrons. The van der Waals surface area contributed by atoms with Gasteiger partial charge >= 0.3 is 5.97 Å². The quantitative estimate of drug-likeness (QED) is 0.356. The van der Waals surface area contributed by atoms with Gasteiger partial charge in [-0.3, -0.25) is 24.8 Å². The average molecular weight is 403 g/mol. The van der Waals surface area contributed by atoms with E-state index in [2.05, 4.69) is 9.80 Å². The predicted octanol–water partition coefficient (Wildman–Crippen LogP) is 0.352. The number of hydrogen-bond donors (Lipinski definition) is 3. The lowest BCUT2D eigenvalue weighted by Crippen LogP contribution is -2.56. The van der Waals surface area contributed by atoms with Crippen molar-refractivity contribution in [2.24, 2.45) is 5.73 Å². The number of carbonyl (C=O) groups is 2. The topological polar surface area (TPSA) is 123 Å². The average Bonchev–Trinajstić information content (AvgIpc) is 2.69. The second kappa shape index (κ2) is 9.23. The molecule has 0 bridgehead atoms. The van der Waals surface area contributed by atoms with Crippen LogP contribution in [0.25, 0.3) is 0 Å². The number of aromatic hydroxyl groups is 1. The maximum atomic E-state index is 12.8. The van der Waals surface area contributed by atoms with E-state index in [-0.39, 0.29) is 23.5 Å². The molecule has 0 spiro atoms. The number of rotatable bonds is 6. The van der Waals surface area contributed by atoms with Crippen molar-refractivity contribution in [3.8, 4) is 5.75 Å². The number of anilines is 1. The first-order valence-electron chi connectivity index (χ1n) is 9.98. The van der Waals surface area contributed by atoms with Crippen LogP contribution in [-0.2, 0) is 14.3 Å². The van der Waals surface area contributed by atoms with Crippen LogP contribution in [0, 0.1) is 5.41 Å². The summed E-state index contributed by atoms with van der Waals surface area (Å²) >= 11 is 0. The molecule has 2 fully saturated rings. The molecule has 1 aromatic rings. The third-order valence-electron chi connectivity index (χ3n) is 5.54. The molecule has 0 atom stereocenters. The molecule has 2 aliphatic heterocycles. The SMILES string of the molecule is CCOC(=O)CN1CCC(N2CCN(c3ccc(O)cc3C(=N)N)C(=O)C2)CC1. The molecule has 4 N–H and O–H groups in total. The van der Waals surface area contributed by atoms with Crippen LogP contribution in [-0.4, -0.2) is 84.5 Å². The molecule has 1 amide bonds. The Bertz CT molecular complexity index is 776. The Hall–Kier alpha value is -2.65. The van der Waals surface area contributed by atoms with Gasteiger partial charge in [0.15, 0.2) is 0 Å². The van der Waals surface area contributed by atoms with E-state index in [9.17, 15) is 14.7 Å². The lowest BCUT2D eigenvalue weighted by Gasteiger charge is -2.42. The van der Waals surface area contributed by atoms with E-state index in [0.29, 0.717) is 43.5 Å². The first-order chi connectivity index (χ1) is 13.9. The fourth-order valence-electron chi connectivity index (χ4n) is 4.06. The molecule has 0 aromatic heterocycles. The van der Waals surface area contributed by atoms with Gasteiger partial charge in [0.2, 0.25) is 5.91 Å². The summed E-state index contributed by atoms with van der Waals surface area (Å²) in [4.78, 5) is 30.4. The molecule has 9 nitrogen and oxygen atoms in total. The number of likely N-dealkylation sites (tertiary alicyclic amines) is 1. The minimum Gasteiger partial charge on any atom is -0.508 e. The monoisotopic (exact) mass is 403 g/mol.